The zero-order chi connectivity index (χ0) is 16.5. The van der Waals surface area contributed by atoms with Crippen LogP contribution >= 0.6 is 0 Å². The maximum absolute atomic E-state index is 9.94. The summed E-state index contributed by atoms with van der Waals surface area (Å²) >= 11 is 0. The lowest BCUT2D eigenvalue weighted by Gasteiger charge is -1.99. The summed E-state index contributed by atoms with van der Waals surface area (Å²) in [6.45, 7) is 4.20. The molecule has 0 aromatic rings. The maximum Gasteiger partial charge on any atom is 0.303 e. The van der Waals surface area contributed by atoms with Gasteiger partial charge in [0.1, 0.15) is 0 Å². The smallest absolute Gasteiger partial charge is 0.303 e. The lowest BCUT2D eigenvalue weighted by molar-refractivity contribution is -0.137. The first-order valence-corrected chi connectivity index (χ1v) is 9.20. The zero-order valence-corrected chi connectivity index (χ0v) is 14.7. The molecule has 1 rings (SSSR count). The molecule has 1 aliphatic rings. The van der Waals surface area contributed by atoms with Crippen molar-refractivity contribution in [2.24, 2.45) is 5.92 Å². The standard InChI is InChI=1S/C13H24.C7H12O2/c1-2-3-4-5-6-7-10-13-11-8-9-12-13;1-2-3-4-5-6-7(8)9/h7,10,13H,2-6,8-9,11-12H2,1H3;2-3H,4-6H2,1H3,(H,8,9)/b10-7+;3-2-. The Hall–Kier alpha value is -1.05. The molecule has 0 radical (unpaired) electrons. The van der Waals surface area contributed by atoms with Crippen LogP contribution in [0.4, 0.5) is 0 Å². The number of rotatable bonds is 10. The molecule has 1 N–H and O–H groups in total. The summed E-state index contributed by atoms with van der Waals surface area (Å²) < 4.78 is 0. The second-order valence-corrected chi connectivity index (χ2v) is 6.18. The SMILES string of the molecule is C/C=C\CCCC(=O)O.CCCCCC/C=C/C1CCCC1. The number of hydrogen-bond donors (Lipinski definition) is 1. The van der Waals surface area contributed by atoms with Gasteiger partial charge < -0.3 is 5.11 Å². The lowest BCUT2D eigenvalue weighted by atomic mass is 10.1. The molecule has 22 heavy (non-hydrogen) atoms. The molecule has 0 aromatic heterocycles. The van der Waals surface area contributed by atoms with Gasteiger partial charge in [0.05, 0.1) is 0 Å². The van der Waals surface area contributed by atoms with Crippen LogP contribution in [0.25, 0.3) is 0 Å². The molecule has 0 saturated heterocycles. The number of allylic oxidation sites excluding steroid dienone is 4. The van der Waals surface area contributed by atoms with Crippen LogP contribution in [0.15, 0.2) is 24.3 Å². The molecule has 0 atom stereocenters. The monoisotopic (exact) mass is 308 g/mol. The Morgan fingerprint density at radius 2 is 1.73 bits per heavy atom. The van der Waals surface area contributed by atoms with E-state index in [1.807, 2.05) is 19.1 Å². The molecule has 0 aliphatic heterocycles. The minimum Gasteiger partial charge on any atom is -0.481 e. The third kappa shape index (κ3) is 15.3. The fourth-order valence-electron chi connectivity index (χ4n) is 2.67. The van der Waals surface area contributed by atoms with Gasteiger partial charge in [-0.25, -0.2) is 0 Å². The number of carbonyl (C=O) groups is 1. The summed E-state index contributed by atoms with van der Waals surface area (Å²) in [7, 11) is 0. The third-order valence-electron chi connectivity index (χ3n) is 4.03. The quantitative estimate of drug-likeness (QED) is 0.368. The molecule has 1 fully saturated rings. The molecular weight excluding hydrogens is 272 g/mol. The van der Waals surface area contributed by atoms with Crippen molar-refractivity contribution >= 4 is 5.97 Å². The van der Waals surface area contributed by atoms with Crippen LogP contribution < -0.4 is 0 Å². The first-order valence-electron chi connectivity index (χ1n) is 9.20. The zero-order valence-electron chi connectivity index (χ0n) is 14.7. The van der Waals surface area contributed by atoms with Crippen LogP contribution in [0.3, 0.4) is 0 Å². The van der Waals surface area contributed by atoms with Crippen LogP contribution in [-0.2, 0) is 4.79 Å². The fraction of sp³-hybridized carbons (Fsp3) is 0.750. The maximum atomic E-state index is 9.94. The van der Waals surface area contributed by atoms with E-state index in [-0.39, 0.29) is 6.42 Å². The van der Waals surface area contributed by atoms with E-state index in [4.69, 9.17) is 5.11 Å². The molecule has 1 saturated carbocycles. The van der Waals surface area contributed by atoms with E-state index in [0.717, 1.165) is 18.8 Å². The average molecular weight is 309 g/mol. The van der Waals surface area contributed by atoms with Crippen molar-refractivity contribution in [2.75, 3.05) is 0 Å². The van der Waals surface area contributed by atoms with Gasteiger partial charge in [-0.05, 0) is 51.4 Å². The Morgan fingerprint density at radius 1 is 1.05 bits per heavy atom. The molecule has 128 valence electrons. The molecule has 1 aliphatic carbocycles. The van der Waals surface area contributed by atoms with Crippen LogP contribution in [-0.4, -0.2) is 11.1 Å². The molecule has 2 nitrogen and oxygen atoms in total. The van der Waals surface area contributed by atoms with E-state index in [0.29, 0.717) is 0 Å². The second-order valence-electron chi connectivity index (χ2n) is 6.18. The van der Waals surface area contributed by atoms with Crippen molar-refractivity contribution in [3.63, 3.8) is 0 Å². The van der Waals surface area contributed by atoms with E-state index in [1.54, 1.807) is 0 Å². The fourth-order valence-corrected chi connectivity index (χ4v) is 2.67. The van der Waals surface area contributed by atoms with E-state index in [9.17, 15) is 4.79 Å². The Labute approximate surface area is 137 Å². The number of aliphatic carboxylic acids is 1. The minimum absolute atomic E-state index is 0.282. The highest BCUT2D eigenvalue weighted by molar-refractivity contribution is 5.66. The highest BCUT2D eigenvalue weighted by Crippen LogP contribution is 2.25. The highest BCUT2D eigenvalue weighted by Gasteiger charge is 2.10. The number of carboxylic acid groups (broad SMARTS) is 1. The van der Waals surface area contributed by atoms with Crippen molar-refractivity contribution in [1.29, 1.82) is 0 Å². The van der Waals surface area contributed by atoms with Gasteiger partial charge in [0.2, 0.25) is 0 Å². The third-order valence-corrected chi connectivity index (χ3v) is 4.03. The van der Waals surface area contributed by atoms with Gasteiger partial charge in [-0.15, -0.1) is 0 Å². The van der Waals surface area contributed by atoms with E-state index >= 15 is 0 Å². The van der Waals surface area contributed by atoms with Gasteiger partial charge in [-0.3, -0.25) is 4.79 Å². The molecule has 0 spiro atoms. The van der Waals surface area contributed by atoms with Gasteiger partial charge in [0.25, 0.3) is 0 Å². The molecule has 0 heterocycles. The summed E-state index contributed by atoms with van der Waals surface area (Å²) in [5.74, 6) is 0.227. The molecule has 0 unspecified atom stereocenters. The van der Waals surface area contributed by atoms with E-state index in [1.165, 1.54) is 57.8 Å². The number of unbranched alkanes of at least 4 members (excludes halogenated alkanes) is 5. The molecule has 0 amide bonds. The summed E-state index contributed by atoms with van der Waals surface area (Å²) in [5.41, 5.74) is 0. The Morgan fingerprint density at radius 3 is 2.32 bits per heavy atom. The van der Waals surface area contributed by atoms with Gasteiger partial charge in [0.15, 0.2) is 0 Å². The Kier molecular flexibility index (Phi) is 15.5. The summed E-state index contributed by atoms with van der Waals surface area (Å²) in [5, 5.41) is 8.19. The van der Waals surface area contributed by atoms with Crippen LogP contribution in [0.1, 0.15) is 90.9 Å². The molecule has 0 aromatic carbocycles. The minimum atomic E-state index is -0.709. The van der Waals surface area contributed by atoms with E-state index < -0.39 is 5.97 Å². The number of hydrogen-bond acceptors (Lipinski definition) is 1. The summed E-state index contributed by atoms with van der Waals surface area (Å²) in [6.07, 6.45) is 23.4. The Bertz CT molecular complexity index is 299. The first-order chi connectivity index (χ1) is 10.7. The van der Waals surface area contributed by atoms with Crippen molar-refractivity contribution in [3.05, 3.63) is 24.3 Å². The van der Waals surface area contributed by atoms with Crippen molar-refractivity contribution in [3.8, 4) is 0 Å². The number of carboxylic acids is 1. The van der Waals surface area contributed by atoms with Gasteiger partial charge >= 0.3 is 5.97 Å². The summed E-state index contributed by atoms with van der Waals surface area (Å²) in [4.78, 5) is 9.94. The highest BCUT2D eigenvalue weighted by atomic mass is 16.4. The Balaban J connectivity index is 0.000000433. The molecule has 0 bridgehead atoms. The van der Waals surface area contributed by atoms with Crippen molar-refractivity contribution in [1.82, 2.24) is 0 Å². The van der Waals surface area contributed by atoms with Crippen LogP contribution in [0, 0.1) is 5.92 Å². The predicted molar refractivity (Wildman–Crippen MR) is 96.2 cm³/mol. The normalized spacial score (nSPS) is 15.4. The van der Waals surface area contributed by atoms with Crippen LogP contribution in [0.5, 0.6) is 0 Å². The first kappa shape index (κ1) is 20.9. The lowest BCUT2D eigenvalue weighted by Crippen LogP contribution is -1.92. The average Bonchev–Trinajstić information content (AvgIpc) is 3.01. The second kappa shape index (κ2) is 16.3. The van der Waals surface area contributed by atoms with Gasteiger partial charge in [0, 0.05) is 6.42 Å². The van der Waals surface area contributed by atoms with Crippen molar-refractivity contribution < 1.29 is 9.90 Å². The topological polar surface area (TPSA) is 37.3 Å². The van der Waals surface area contributed by atoms with Crippen molar-refractivity contribution in [2.45, 2.75) is 90.9 Å². The molecule has 2 heteroatoms. The van der Waals surface area contributed by atoms with E-state index in [2.05, 4.69) is 19.1 Å². The van der Waals surface area contributed by atoms with Crippen LogP contribution in [0.2, 0.25) is 0 Å². The summed E-state index contributed by atoms with van der Waals surface area (Å²) in [6, 6.07) is 0. The van der Waals surface area contributed by atoms with Gasteiger partial charge in [-0.1, -0.05) is 63.3 Å². The largest absolute Gasteiger partial charge is 0.481 e. The van der Waals surface area contributed by atoms with Gasteiger partial charge in [-0.2, -0.15) is 0 Å². The molecular formula is C20H36O2. The predicted octanol–water partition coefficient (Wildman–Crippen LogP) is 6.52.